The molecule has 0 amide bonds. The van der Waals surface area contributed by atoms with Crippen molar-refractivity contribution < 1.29 is 5.11 Å². The molecule has 0 heterocycles. The van der Waals surface area contributed by atoms with Gasteiger partial charge in [-0.1, -0.05) is 37.6 Å². The predicted molar refractivity (Wildman–Crippen MR) is 82.7 cm³/mol. The number of fused-ring (bicyclic) bond motifs is 1. The molecule has 0 fully saturated rings. The van der Waals surface area contributed by atoms with Crippen LogP contribution in [0.5, 0.6) is 0 Å². The van der Waals surface area contributed by atoms with Crippen molar-refractivity contribution in [1.29, 1.82) is 5.26 Å². The van der Waals surface area contributed by atoms with Crippen molar-refractivity contribution in [3.8, 4) is 6.07 Å². The minimum Gasteiger partial charge on any atom is -0.388 e. The lowest BCUT2D eigenvalue weighted by atomic mass is 9.99. The molecule has 0 radical (unpaired) electrons. The Balaban J connectivity index is 2.30. The molecule has 20 heavy (non-hydrogen) atoms. The standard InChI is InChI=1S/C17H20N2O/c1-3-10-17(2,20)12-19-16-9-8-13(11-18)14-6-4-5-7-15(14)16/h4-9,19-20H,3,10,12H2,1-2H3. The molecule has 2 aromatic carbocycles. The molecule has 2 aromatic rings. The first-order valence-corrected chi connectivity index (χ1v) is 6.95. The molecule has 104 valence electrons. The summed E-state index contributed by atoms with van der Waals surface area (Å²) in [6.45, 7) is 4.40. The van der Waals surface area contributed by atoms with Gasteiger partial charge in [-0.05, 0) is 25.5 Å². The van der Waals surface area contributed by atoms with Gasteiger partial charge in [0.2, 0.25) is 0 Å². The topological polar surface area (TPSA) is 56.0 Å². The molecule has 3 heteroatoms. The minimum atomic E-state index is -0.718. The van der Waals surface area contributed by atoms with Crippen LogP contribution in [0.3, 0.4) is 0 Å². The van der Waals surface area contributed by atoms with Crippen LogP contribution in [0.4, 0.5) is 5.69 Å². The Morgan fingerprint density at radius 1 is 1.20 bits per heavy atom. The molecule has 0 saturated carbocycles. The molecule has 0 spiro atoms. The van der Waals surface area contributed by atoms with Crippen LogP contribution in [-0.2, 0) is 0 Å². The second-order valence-corrected chi connectivity index (χ2v) is 5.42. The number of nitrogens with one attached hydrogen (secondary N) is 1. The molecule has 0 aromatic heterocycles. The van der Waals surface area contributed by atoms with E-state index in [2.05, 4.69) is 18.3 Å². The van der Waals surface area contributed by atoms with Gasteiger partial charge in [0.15, 0.2) is 0 Å². The molecule has 1 unspecified atom stereocenters. The smallest absolute Gasteiger partial charge is 0.0998 e. The lowest BCUT2D eigenvalue weighted by molar-refractivity contribution is 0.0637. The summed E-state index contributed by atoms with van der Waals surface area (Å²) >= 11 is 0. The molecule has 1 atom stereocenters. The van der Waals surface area contributed by atoms with E-state index in [1.165, 1.54) is 0 Å². The number of rotatable bonds is 5. The van der Waals surface area contributed by atoms with Crippen LogP contribution in [0.15, 0.2) is 36.4 Å². The predicted octanol–water partition coefficient (Wildman–Crippen LogP) is 3.67. The number of hydrogen-bond acceptors (Lipinski definition) is 3. The van der Waals surface area contributed by atoms with Crippen molar-refractivity contribution in [3.63, 3.8) is 0 Å². The Bertz CT molecular complexity index is 641. The Morgan fingerprint density at radius 2 is 1.90 bits per heavy atom. The first-order chi connectivity index (χ1) is 9.57. The van der Waals surface area contributed by atoms with Crippen LogP contribution < -0.4 is 5.32 Å². The van der Waals surface area contributed by atoms with Crippen molar-refractivity contribution in [3.05, 3.63) is 42.0 Å². The SMILES string of the molecule is CCCC(C)(O)CNc1ccc(C#N)c2ccccc12. The molecular formula is C17H20N2O. The van der Waals surface area contributed by atoms with Crippen LogP contribution in [0, 0.1) is 11.3 Å². The van der Waals surface area contributed by atoms with Gasteiger partial charge in [-0.2, -0.15) is 5.26 Å². The molecule has 3 nitrogen and oxygen atoms in total. The summed E-state index contributed by atoms with van der Waals surface area (Å²) in [5, 5.41) is 24.6. The fourth-order valence-electron chi connectivity index (χ4n) is 2.46. The normalized spacial score (nSPS) is 13.7. The van der Waals surface area contributed by atoms with Gasteiger partial charge in [-0.15, -0.1) is 0 Å². The lowest BCUT2D eigenvalue weighted by Crippen LogP contribution is -2.33. The Kier molecular flexibility index (Phi) is 4.26. The summed E-state index contributed by atoms with van der Waals surface area (Å²) < 4.78 is 0. The van der Waals surface area contributed by atoms with Crippen LogP contribution >= 0.6 is 0 Å². The highest BCUT2D eigenvalue weighted by Crippen LogP contribution is 2.27. The molecule has 0 aliphatic rings. The minimum absolute atomic E-state index is 0.497. The van der Waals surface area contributed by atoms with Crippen LogP contribution in [0.1, 0.15) is 32.3 Å². The van der Waals surface area contributed by atoms with Gasteiger partial charge in [-0.3, -0.25) is 0 Å². The number of anilines is 1. The van der Waals surface area contributed by atoms with Gasteiger partial charge < -0.3 is 10.4 Å². The van der Waals surface area contributed by atoms with E-state index < -0.39 is 5.60 Å². The maximum atomic E-state index is 10.2. The third-order valence-electron chi connectivity index (χ3n) is 3.49. The van der Waals surface area contributed by atoms with Gasteiger partial charge in [0.25, 0.3) is 0 Å². The molecule has 0 bridgehead atoms. The van der Waals surface area contributed by atoms with E-state index >= 15 is 0 Å². The van der Waals surface area contributed by atoms with Gasteiger partial charge in [-0.25, -0.2) is 0 Å². The van der Waals surface area contributed by atoms with Crippen molar-refractivity contribution in [2.45, 2.75) is 32.3 Å². The van der Waals surface area contributed by atoms with E-state index in [-0.39, 0.29) is 0 Å². The number of benzene rings is 2. The molecular weight excluding hydrogens is 248 g/mol. The number of nitrogens with zero attached hydrogens (tertiary/aromatic N) is 1. The summed E-state index contributed by atoms with van der Waals surface area (Å²) in [6, 6.07) is 13.8. The first-order valence-electron chi connectivity index (χ1n) is 6.95. The second kappa shape index (κ2) is 5.94. The Morgan fingerprint density at radius 3 is 2.55 bits per heavy atom. The number of nitriles is 1. The summed E-state index contributed by atoms with van der Waals surface area (Å²) in [6.07, 6.45) is 1.71. The van der Waals surface area contributed by atoms with Crippen LogP contribution in [-0.4, -0.2) is 17.3 Å². The zero-order valence-corrected chi connectivity index (χ0v) is 12.0. The zero-order valence-electron chi connectivity index (χ0n) is 12.0. The third kappa shape index (κ3) is 3.09. The number of hydrogen-bond donors (Lipinski definition) is 2. The largest absolute Gasteiger partial charge is 0.388 e. The monoisotopic (exact) mass is 268 g/mol. The molecule has 0 saturated heterocycles. The quantitative estimate of drug-likeness (QED) is 0.869. The van der Waals surface area contributed by atoms with E-state index in [4.69, 9.17) is 5.26 Å². The van der Waals surface area contributed by atoms with Gasteiger partial charge >= 0.3 is 0 Å². The summed E-state index contributed by atoms with van der Waals surface area (Å²) in [5.74, 6) is 0. The fourth-order valence-corrected chi connectivity index (χ4v) is 2.46. The lowest BCUT2D eigenvalue weighted by Gasteiger charge is -2.24. The van der Waals surface area contributed by atoms with Gasteiger partial charge in [0.05, 0.1) is 17.2 Å². The van der Waals surface area contributed by atoms with E-state index in [9.17, 15) is 5.11 Å². The molecule has 0 aliphatic carbocycles. The highest BCUT2D eigenvalue weighted by molar-refractivity contribution is 5.97. The summed E-state index contributed by atoms with van der Waals surface area (Å²) in [5.41, 5.74) is 0.909. The zero-order chi connectivity index (χ0) is 14.6. The number of aliphatic hydroxyl groups is 1. The maximum Gasteiger partial charge on any atom is 0.0998 e. The van der Waals surface area contributed by atoms with Crippen molar-refractivity contribution in [1.82, 2.24) is 0 Å². The highest BCUT2D eigenvalue weighted by atomic mass is 16.3. The summed E-state index contributed by atoms with van der Waals surface area (Å²) in [7, 11) is 0. The first kappa shape index (κ1) is 14.4. The van der Waals surface area contributed by atoms with Crippen molar-refractivity contribution >= 4 is 16.5 Å². The molecule has 2 rings (SSSR count). The Hall–Kier alpha value is -2.05. The van der Waals surface area contributed by atoms with E-state index in [1.807, 2.05) is 43.3 Å². The highest BCUT2D eigenvalue weighted by Gasteiger charge is 2.19. The average Bonchev–Trinajstić information content (AvgIpc) is 2.44. The van der Waals surface area contributed by atoms with Crippen LogP contribution in [0.2, 0.25) is 0 Å². The second-order valence-electron chi connectivity index (χ2n) is 5.42. The van der Waals surface area contributed by atoms with Gasteiger partial charge in [0.1, 0.15) is 0 Å². The third-order valence-corrected chi connectivity index (χ3v) is 3.49. The molecule has 0 aliphatic heterocycles. The average molecular weight is 268 g/mol. The van der Waals surface area contributed by atoms with E-state index in [0.29, 0.717) is 12.1 Å². The maximum absolute atomic E-state index is 10.2. The van der Waals surface area contributed by atoms with E-state index in [1.54, 1.807) is 0 Å². The van der Waals surface area contributed by atoms with Crippen molar-refractivity contribution in [2.24, 2.45) is 0 Å². The van der Waals surface area contributed by atoms with Crippen molar-refractivity contribution in [2.75, 3.05) is 11.9 Å². The van der Waals surface area contributed by atoms with E-state index in [0.717, 1.165) is 29.3 Å². The van der Waals surface area contributed by atoms with Gasteiger partial charge in [0, 0.05) is 23.0 Å². The summed E-state index contributed by atoms with van der Waals surface area (Å²) in [4.78, 5) is 0. The fraction of sp³-hybridized carbons (Fsp3) is 0.353. The molecule has 2 N–H and O–H groups in total. The Labute approximate surface area is 119 Å². The van der Waals surface area contributed by atoms with Crippen LogP contribution in [0.25, 0.3) is 10.8 Å².